The van der Waals surface area contributed by atoms with Gasteiger partial charge in [0.2, 0.25) is 0 Å². The Labute approximate surface area is 110 Å². The number of aryl methyl sites for hydroxylation is 1. The van der Waals surface area contributed by atoms with Crippen LogP contribution in [0.15, 0.2) is 24.3 Å². The molecule has 0 saturated heterocycles. The lowest BCUT2D eigenvalue weighted by atomic mass is 9.98. The molecule has 1 aromatic rings. The summed E-state index contributed by atoms with van der Waals surface area (Å²) in [6.45, 7) is 6.95. The summed E-state index contributed by atoms with van der Waals surface area (Å²) in [6, 6.07) is 8.71. The number of aromatic hydroxyl groups is 1. The van der Waals surface area contributed by atoms with Crippen LogP contribution in [-0.4, -0.2) is 17.2 Å². The summed E-state index contributed by atoms with van der Waals surface area (Å²) in [6.07, 6.45) is 4.95. The Bertz CT molecular complexity index is 381. The summed E-state index contributed by atoms with van der Waals surface area (Å²) >= 11 is 0. The molecule has 2 rings (SSSR count). The largest absolute Gasteiger partial charge is 0.508 e. The molecule has 18 heavy (non-hydrogen) atoms. The third-order valence-electron chi connectivity index (χ3n) is 4.42. The van der Waals surface area contributed by atoms with Crippen LogP contribution in [0.4, 0.5) is 0 Å². The minimum atomic E-state index is 0.347. The van der Waals surface area contributed by atoms with Crippen molar-refractivity contribution >= 4 is 0 Å². The Balaban J connectivity index is 1.74. The lowest BCUT2D eigenvalue weighted by Gasteiger charge is -2.25. The number of hydrogen-bond donors (Lipinski definition) is 2. The summed E-state index contributed by atoms with van der Waals surface area (Å²) in [4.78, 5) is 0. The Morgan fingerprint density at radius 3 is 2.39 bits per heavy atom. The fraction of sp³-hybridized carbons (Fsp3) is 0.625. The van der Waals surface area contributed by atoms with Crippen molar-refractivity contribution in [1.82, 2.24) is 5.32 Å². The van der Waals surface area contributed by atoms with E-state index in [-0.39, 0.29) is 0 Å². The fourth-order valence-corrected chi connectivity index (χ4v) is 2.39. The fourth-order valence-electron chi connectivity index (χ4n) is 2.39. The normalized spacial score (nSPS) is 20.4. The molecule has 0 radical (unpaired) electrons. The highest BCUT2D eigenvalue weighted by atomic mass is 16.3. The van der Waals surface area contributed by atoms with Crippen LogP contribution in [0.2, 0.25) is 0 Å². The van der Waals surface area contributed by atoms with Crippen molar-refractivity contribution in [3.63, 3.8) is 0 Å². The van der Waals surface area contributed by atoms with E-state index in [1.165, 1.54) is 18.4 Å². The van der Waals surface area contributed by atoms with Gasteiger partial charge < -0.3 is 10.4 Å². The zero-order chi connectivity index (χ0) is 13.2. The van der Waals surface area contributed by atoms with Crippen molar-refractivity contribution < 1.29 is 5.11 Å². The van der Waals surface area contributed by atoms with Crippen LogP contribution in [0.1, 0.15) is 45.6 Å². The first-order chi connectivity index (χ1) is 8.49. The molecule has 1 aromatic carbocycles. The van der Waals surface area contributed by atoms with Crippen molar-refractivity contribution in [2.75, 3.05) is 0 Å². The number of benzene rings is 1. The van der Waals surface area contributed by atoms with Gasteiger partial charge in [0.05, 0.1) is 0 Å². The molecule has 1 saturated carbocycles. The van der Waals surface area contributed by atoms with Gasteiger partial charge in [0.1, 0.15) is 5.75 Å². The smallest absolute Gasteiger partial charge is 0.115 e. The minimum absolute atomic E-state index is 0.347. The maximum atomic E-state index is 9.24. The molecular formula is C16H25NO. The standard InChI is InChI=1S/C16H25NO/c1-12(17-13(2)16(3)10-11-16)4-5-14-6-8-15(18)9-7-14/h6-9,12-13,17-18H,4-5,10-11H2,1-3H3. The molecule has 1 fully saturated rings. The number of rotatable bonds is 6. The molecule has 0 spiro atoms. The molecule has 2 nitrogen and oxygen atoms in total. The molecular weight excluding hydrogens is 222 g/mol. The Morgan fingerprint density at radius 1 is 1.22 bits per heavy atom. The van der Waals surface area contributed by atoms with Crippen LogP contribution in [0.3, 0.4) is 0 Å². The van der Waals surface area contributed by atoms with Gasteiger partial charge in [-0.2, -0.15) is 0 Å². The van der Waals surface area contributed by atoms with Crippen LogP contribution in [0, 0.1) is 5.41 Å². The minimum Gasteiger partial charge on any atom is -0.508 e. The van der Waals surface area contributed by atoms with Crippen molar-refractivity contribution in [2.45, 2.75) is 58.5 Å². The molecule has 2 unspecified atom stereocenters. The topological polar surface area (TPSA) is 32.3 Å². The van der Waals surface area contributed by atoms with Gasteiger partial charge in [-0.15, -0.1) is 0 Å². The molecule has 0 amide bonds. The number of phenolic OH excluding ortho intramolecular Hbond substituents is 1. The summed E-state index contributed by atoms with van der Waals surface area (Å²) in [7, 11) is 0. The van der Waals surface area contributed by atoms with Gasteiger partial charge in [-0.05, 0) is 62.6 Å². The second-order valence-corrected chi connectivity index (χ2v) is 6.15. The van der Waals surface area contributed by atoms with Gasteiger partial charge in [-0.1, -0.05) is 19.1 Å². The molecule has 100 valence electrons. The molecule has 2 N–H and O–H groups in total. The van der Waals surface area contributed by atoms with Gasteiger partial charge in [0.15, 0.2) is 0 Å². The second-order valence-electron chi connectivity index (χ2n) is 6.15. The van der Waals surface area contributed by atoms with Crippen LogP contribution in [0.5, 0.6) is 5.75 Å². The lowest BCUT2D eigenvalue weighted by molar-refractivity contribution is 0.339. The van der Waals surface area contributed by atoms with Crippen LogP contribution in [-0.2, 0) is 6.42 Å². The average Bonchev–Trinajstić information content (AvgIpc) is 3.08. The number of hydrogen-bond acceptors (Lipinski definition) is 2. The molecule has 2 atom stereocenters. The van der Waals surface area contributed by atoms with Gasteiger partial charge in [-0.3, -0.25) is 0 Å². The summed E-state index contributed by atoms with van der Waals surface area (Å²) < 4.78 is 0. The third-order valence-corrected chi connectivity index (χ3v) is 4.42. The molecule has 0 heterocycles. The highest BCUT2D eigenvalue weighted by Gasteiger charge is 2.42. The number of phenols is 1. The SMILES string of the molecule is CC(CCc1ccc(O)cc1)NC(C)C1(C)CC1. The van der Waals surface area contributed by atoms with E-state index in [9.17, 15) is 5.11 Å². The van der Waals surface area contributed by atoms with Gasteiger partial charge in [0, 0.05) is 12.1 Å². The predicted octanol–water partition coefficient (Wildman–Crippen LogP) is 3.49. The Hall–Kier alpha value is -1.02. The summed E-state index contributed by atoms with van der Waals surface area (Å²) in [5.74, 6) is 0.347. The average molecular weight is 247 g/mol. The molecule has 0 aliphatic heterocycles. The zero-order valence-corrected chi connectivity index (χ0v) is 11.7. The van der Waals surface area contributed by atoms with Crippen molar-refractivity contribution in [3.05, 3.63) is 29.8 Å². The summed E-state index contributed by atoms with van der Waals surface area (Å²) in [5, 5.41) is 13.0. The molecule has 0 bridgehead atoms. The van der Waals surface area contributed by atoms with Crippen molar-refractivity contribution in [3.8, 4) is 5.75 Å². The highest BCUT2D eigenvalue weighted by Crippen LogP contribution is 2.48. The monoisotopic (exact) mass is 247 g/mol. The molecule has 1 aliphatic rings. The predicted molar refractivity (Wildman–Crippen MR) is 75.8 cm³/mol. The number of nitrogens with one attached hydrogen (secondary N) is 1. The van der Waals surface area contributed by atoms with E-state index in [2.05, 4.69) is 26.1 Å². The van der Waals surface area contributed by atoms with E-state index in [4.69, 9.17) is 0 Å². The Kier molecular flexibility index (Phi) is 3.96. The van der Waals surface area contributed by atoms with E-state index < -0.39 is 0 Å². The van der Waals surface area contributed by atoms with Crippen LogP contribution >= 0.6 is 0 Å². The first-order valence-electron chi connectivity index (χ1n) is 7.03. The van der Waals surface area contributed by atoms with Crippen LogP contribution < -0.4 is 5.32 Å². The first-order valence-corrected chi connectivity index (χ1v) is 7.03. The van der Waals surface area contributed by atoms with Gasteiger partial charge >= 0.3 is 0 Å². The van der Waals surface area contributed by atoms with Crippen LogP contribution in [0.25, 0.3) is 0 Å². The van der Waals surface area contributed by atoms with Gasteiger partial charge in [-0.25, -0.2) is 0 Å². The van der Waals surface area contributed by atoms with E-state index in [0.29, 0.717) is 23.2 Å². The first kappa shape index (κ1) is 13.4. The van der Waals surface area contributed by atoms with E-state index in [0.717, 1.165) is 12.8 Å². The molecule has 0 aromatic heterocycles. The van der Waals surface area contributed by atoms with E-state index >= 15 is 0 Å². The van der Waals surface area contributed by atoms with Crippen molar-refractivity contribution in [1.29, 1.82) is 0 Å². The lowest BCUT2D eigenvalue weighted by Crippen LogP contribution is -2.39. The maximum Gasteiger partial charge on any atom is 0.115 e. The van der Waals surface area contributed by atoms with Crippen molar-refractivity contribution in [2.24, 2.45) is 5.41 Å². The van der Waals surface area contributed by atoms with E-state index in [1.807, 2.05) is 12.1 Å². The zero-order valence-electron chi connectivity index (χ0n) is 11.7. The molecule has 1 aliphatic carbocycles. The Morgan fingerprint density at radius 2 is 1.83 bits per heavy atom. The summed E-state index contributed by atoms with van der Waals surface area (Å²) in [5.41, 5.74) is 1.85. The highest BCUT2D eigenvalue weighted by molar-refractivity contribution is 5.25. The quantitative estimate of drug-likeness (QED) is 0.806. The third kappa shape index (κ3) is 3.49. The van der Waals surface area contributed by atoms with E-state index in [1.54, 1.807) is 12.1 Å². The maximum absolute atomic E-state index is 9.24. The second kappa shape index (κ2) is 5.31. The molecule has 2 heteroatoms. The van der Waals surface area contributed by atoms with Gasteiger partial charge in [0.25, 0.3) is 0 Å².